The molecule has 1 aliphatic rings. The quantitative estimate of drug-likeness (QED) is 0.833. The zero-order valence-electron chi connectivity index (χ0n) is 12.6. The first kappa shape index (κ1) is 14.7. The number of anilines is 2. The largest absolute Gasteiger partial charge is 0.491 e. The molecule has 0 amide bonds. The lowest BCUT2D eigenvalue weighted by molar-refractivity contribution is 0.112. The van der Waals surface area contributed by atoms with Gasteiger partial charge < -0.3 is 20.5 Å². The molecule has 1 unspecified atom stereocenters. The van der Waals surface area contributed by atoms with E-state index < -0.39 is 6.10 Å². The lowest BCUT2D eigenvalue weighted by Gasteiger charge is -2.33. The van der Waals surface area contributed by atoms with Crippen molar-refractivity contribution in [3.8, 4) is 5.75 Å². The normalized spacial score (nSPS) is 15.2. The molecule has 22 heavy (non-hydrogen) atoms. The van der Waals surface area contributed by atoms with Crippen LogP contribution in [0.3, 0.4) is 0 Å². The van der Waals surface area contributed by atoms with Gasteiger partial charge in [-0.2, -0.15) is 0 Å². The van der Waals surface area contributed by atoms with Gasteiger partial charge in [0.1, 0.15) is 18.5 Å². The lowest BCUT2D eigenvalue weighted by atomic mass is 10.0. The van der Waals surface area contributed by atoms with Crippen molar-refractivity contribution in [2.24, 2.45) is 0 Å². The molecule has 0 radical (unpaired) electrons. The van der Waals surface area contributed by atoms with Gasteiger partial charge in [-0.15, -0.1) is 0 Å². The maximum absolute atomic E-state index is 10.3. The molecule has 1 aliphatic heterocycles. The molecule has 4 heteroatoms. The third kappa shape index (κ3) is 3.52. The standard InChI is InChI=1S/C18H22N2O2/c19-15-8-9-18-14(11-15)5-4-10-20(18)12-16(21)13-22-17-6-2-1-3-7-17/h1-3,6-9,11,16,21H,4-5,10,12-13,19H2. The summed E-state index contributed by atoms with van der Waals surface area (Å²) in [5.41, 5.74) is 9.10. The van der Waals surface area contributed by atoms with E-state index in [1.54, 1.807) is 0 Å². The second-order valence-corrected chi connectivity index (χ2v) is 5.72. The third-order valence-electron chi connectivity index (χ3n) is 3.94. The van der Waals surface area contributed by atoms with Crippen LogP contribution >= 0.6 is 0 Å². The second-order valence-electron chi connectivity index (χ2n) is 5.72. The molecule has 0 bridgehead atoms. The first-order valence-corrected chi connectivity index (χ1v) is 7.71. The highest BCUT2D eigenvalue weighted by molar-refractivity contribution is 5.61. The van der Waals surface area contributed by atoms with Crippen LogP contribution in [0.1, 0.15) is 12.0 Å². The molecule has 3 rings (SSSR count). The van der Waals surface area contributed by atoms with Crippen LogP contribution in [0.25, 0.3) is 0 Å². The Morgan fingerprint density at radius 1 is 1.18 bits per heavy atom. The van der Waals surface area contributed by atoms with Gasteiger partial charge in [-0.1, -0.05) is 18.2 Å². The molecule has 3 N–H and O–H groups in total. The summed E-state index contributed by atoms with van der Waals surface area (Å²) in [5.74, 6) is 0.786. The topological polar surface area (TPSA) is 58.7 Å². The number of hydrogen-bond acceptors (Lipinski definition) is 4. The Morgan fingerprint density at radius 2 is 2.00 bits per heavy atom. The number of nitrogens with zero attached hydrogens (tertiary/aromatic N) is 1. The minimum atomic E-state index is -0.524. The molecular formula is C18H22N2O2. The summed E-state index contributed by atoms with van der Waals surface area (Å²) < 4.78 is 5.62. The molecule has 2 aromatic rings. The number of nitrogen functional groups attached to an aromatic ring is 1. The number of benzene rings is 2. The SMILES string of the molecule is Nc1ccc2c(c1)CCCN2CC(O)COc1ccccc1. The monoisotopic (exact) mass is 298 g/mol. The van der Waals surface area contributed by atoms with Crippen molar-refractivity contribution in [1.29, 1.82) is 0 Å². The predicted octanol–water partition coefficient (Wildman–Crippen LogP) is 2.46. The molecule has 2 aromatic carbocycles. The minimum absolute atomic E-state index is 0.296. The highest BCUT2D eigenvalue weighted by Gasteiger charge is 2.19. The number of fused-ring (bicyclic) bond motifs is 1. The van der Waals surface area contributed by atoms with E-state index in [1.165, 1.54) is 11.3 Å². The maximum atomic E-state index is 10.3. The molecule has 4 nitrogen and oxygen atoms in total. The van der Waals surface area contributed by atoms with E-state index >= 15 is 0 Å². The predicted molar refractivity (Wildman–Crippen MR) is 89.3 cm³/mol. The second kappa shape index (κ2) is 6.71. The van der Waals surface area contributed by atoms with E-state index in [1.807, 2.05) is 42.5 Å². The molecule has 1 atom stereocenters. The summed E-state index contributed by atoms with van der Waals surface area (Å²) >= 11 is 0. The Hall–Kier alpha value is -2.20. The van der Waals surface area contributed by atoms with Crippen molar-refractivity contribution in [2.75, 3.05) is 30.3 Å². The fraction of sp³-hybridized carbons (Fsp3) is 0.333. The number of para-hydroxylation sites is 1. The molecular weight excluding hydrogens is 276 g/mol. The average Bonchev–Trinajstić information content (AvgIpc) is 2.54. The van der Waals surface area contributed by atoms with Gasteiger partial charge in [0.2, 0.25) is 0 Å². The maximum Gasteiger partial charge on any atom is 0.119 e. The van der Waals surface area contributed by atoms with Crippen molar-refractivity contribution in [3.05, 3.63) is 54.1 Å². The van der Waals surface area contributed by atoms with Crippen molar-refractivity contribution < 1.29 is 9.84 Å². The van der Waals surface area contributed by atoms with E-state index in [4.69, 9.17) is 10.5 Å². The highest BCUT2D eigenvalue weighted by atomic mass is 16.5. The van der Waals surface area contributed by atoms with Crippen molar-refractivity contribution >= 4 is 11.4 Å². The zero-order valence-corrected chi connectivity index (χ0v) is 12.6. The van der Waals surface area contributed by atoms with Gasteiger partial charge in [0.25, 0.3) is 0 Å². The Morgan fingerprint density at radius 3 is 2.82 bits per heavy atom. The van der Waals surface area contributed by atoms with Crippen LogP contribution in [0, 0.1) is 0 Å². The Kier molecular flexibility index (Phi) is 4.49. The van der Waals surface area contributed by atoms with Gasteiger partial charge in [-0.3, -0.25) is 0 Å². The van der Waals surface area contributed by atoms with Crippen LogP contribution in [0.5, 0.6) is 5.75 Å². The first-order chi connectivity index (χ1) is 10.7. The summed E-state index contributed by atoms with van der Waals surface area (Å²) in [6, 6.07) is 15.6. The minimum Gasteiger partial charge on any atom is -0.491 e. The number of aliphatic hydroxyl groups is 1. The number of ether oxygens (including phenoxy) is 1. The number of aliphatic hydroxyl groups excluding tert-OH is 1. The molecule has 0 spiro atoms. The van der Waals surface area contributed by atoms with Gasteiger partial charge in [-0.25, -0.2) is 0 Å². The lowest BCUT2D eigenvalue weighted by Crippen LogP contribution is -2.38. The summed E-state index contributed by atoms with van der Waals surface area (Å²) in [6.07, 6.45) is 1.61. The summed E-state index contributed by atoms with van der Waals surface area (Å²) in [6.45, 7) is 1.83. The van der Waals surface area contributed by atoms with Crippen LogP contribution < -0.4 is 15.4 Å². The molecule has 116 valence electrons. The van der Waals surface area contributed by atoms with E-state index in [0.29, 0.717) is 13.2 Å². The number of hydrogen-bond donors (Lipinski definition) is 2. The van der Waals surface area contributed by atoms with Gasteiger partial charge in [0.05, 0.1) is 0 Å². The third-order valence-corrected chi connectivity index (χ3v) is 3.94. The Labute approximate surface area is 131 Å². The summed E-state index contributed by atoms with van der Waals surface area (Å²) in [7, 11) is 0. The van der Waals surface area contributed by atoms with Crippen LogP contribution in [-0.2, 0) is 6.42 Å². The molecule has 0 aliphatic carbocycles. The van der Waals surface area contributed by atoms with Gasteiger partial charge in [-0.05, 0) is 48.7 Å². The molecule has 0 aromatic heterocycles. The van der Waals surface area contributed by atoms with Crippen LogP contribution in [0.4, 0.5) is 11.4 Å². The van der Waals surface area contributed by atoms with Gasteiger partial charge in [0.15, 0.2) is 0 Å². The van der Waals surface area contributed by atoms with Crippen molar-refractivity contribution in [1.82, 2.24) is 0 Å². The van der Waals surface area contributed by atoms with Crippen LogP contribution in [0.2, 0.25) is 0 Å². The van der Waals surface area contributed by atoms with E-state index in [9.17, 15) is 5.11 Å². The Bertz CT molecular complexity index is 616. The summed E-state index contributed by atoms with van der Waals surface area (Å²) in [4.78, 5) is 2.22. The van der Waals surface area contributed by atoms with E-state index in [-0.39, 0.29) is 0 Å². The molecule has 0 saturated carbocycles. The average molecular weight is 298 g/mol. The summed E-state index contributed by atoms with van der Waals surface area (Å²) in [5, 5.41) is 10.3. The fourth-order valence-corrected chi connectivity index (χ4v) is 2.90. The Balaban J connectivity index is 1.59. The molecule has 0 saturated heterocycles. The van der Waals surface area contributed by atoms with Crippen LogP contribution in [-0.4, -0.2) is 30.9 Å². The van der Waals surface area contributed by atoms with Crippen molar-refractivity contribution in [2.45, 2.75) is 18.9 Å². The van der Waals surface area contributed by atoms with Gasteiger partial charge >= 0.3 is 0 Å². The van der Waals surface area contributed by atoms with E-state index in [0.717, 1.165) is 30.8 Å². The smallest absolute Gasteiger partial charge is 0.119 e. The number of nitrogens with two attached hydrogens (primary N) is 1. The number of β-amino-alcohol motifs (C(OH)–C–C–N with tert-alkyl or cyclic N) is 1. The highest BCUT2D eigenvalue weighted by Crippen LogP contribution is 2.28. The zero-order chi connectivity index (χ0) is 15.4. The van der Waals surface area contributed by atoms with Crippen molar-refractivity contribution in [3.63, 3.8) is 0 Å². The molecule has 1 heterocycles. The fourth-order valence-electron chi connectivity index (χ4n) is 2.90. The number of rotatable bonds is 5. The molecule has 0 fully saturated rings. The van der Waals surface area contributed by atoms with Crippen LogP contribution in [0.15, 0.2) is 48.5 Å². The van der Waals surface area contributed by atoms with Gasteiger partial charge in [0, 0.05) is 24.5 Å². The first-order valence-electron chi connectivity index (χ1n) is 7.71. The number of aryl methyl sites for hydroxylation is 1. The van der Waals surface area contributed by atoms with E-state index in [2.05, 4.69) is 11.0 Å².